The van der Waals surface area contributed by atoms with Gasteiger partial charge in [-0.25, -0.2) is 4.99 Å². The molecule has 10 heavy (non-hydrogen) atoms. The van der Waals surface area contributed by atoms with Crippen molar-refractivity contribution in [2.45, 2.75) is 33.2 Å². The smallest absolute Gasteiger partial charge is 0.164 e. The summed E-state index contributed by atoms with van der Waals surface area (Å²) < 4.78 is 0. The van der Waals surface area contributed by atoms with Gasteiger partial charge in [-0.1, -0.05) is 6.58 Å². The first-order valence-electron chi connectivity index (χ1n) is 3.18. The van der Waals surface area contributed by atoms with Crippen LogP contribution >= 0.6 is 0 Å². The second-order valence-electron chi connectivity index (χ2n) is 3.39. The summed E-state index contributed by atoms with van der Waals surface area (Å²) in [7, 11) is 0. The van der Waals surface area contributed by atoms with Crippen molar-refractivity contribution < 1.29 is 17.4 Å². The molecule has 0 heterocycles. The number of halogens is 1. The van der Waals surface area contributed by atoms with Gasteiger partial charge in [-0.3, -0.25) is 0 Å². The van der Waals surface area contributed by atoms with Crippen LogP contribution in [-0.4, -0.2) is 11.8 Å². The maximum absolute atomic E-state index is 3.74. The van der Waals surface area contributed by atoms with Crippen LogP contribution in [0.3, 0.4) is 0 Å². The molecule has 0 bridgehead atoms. The molecule has 0 aliphatic carbocycles. The molecule has 2 heteroatoms. The second kappa shape index (κ2) is 4.51. The molecule has 0 fully saturated rings. The molecule has 0 aliphatic heterocycles. The minimum Gasteiger partial charge on any atom is -1.00 e. The largest absolute Gasteiger partial charge is 1.00 e. The van der Waals surface area contributed by atoms with Crippen LogP contribution in [0.2, 0.25) is 0 Å². The SMILES string of the molecule is C=C(C)C=[NH+]C(C)(C)C.[Cl-]. The quantitative estimate of drug-likeness (QED) is 0.410. The molecule has 0 spiro atoms. The second-order valence-corrected chi connectivity index (χ2v) is 3.39. The summed E-state index contributed by atoms with van der Waals surface area (Å²) in [5, 5.41) is 0. The number of nitrogens with one attached hydrogen (secondary N) is 1. The zero-order chi connectivity index (χ0) is 7.49. The van der Waals surface area contributed by atoms with Crippen LogP contribution in [0.1, 0.15) is 27.7 Å². The standard InChI is InChI=1S/C8H15N.ClH/c1-7(2)6-9-8(3,4)5;/h6H,1H2,2-5H3;1H. The maximum Gasteiger partial charge on any atom is 0.164 e. The van der Waals surface area contributed by atoms with Gasteiger partial charge < -0.3 is 12.4 Å². The lowest BCUT2D eigenvalue weighted by atomic mass is 10.1. The van der Waals surface area contributed by atoms with Crippen molar-refractivity contribution in [3.63, 3.8) is 0 Å². The number of hydrogen-bond donors (Lipinski definition) is 1. The van der Waals surface area contributed by atoms with E-state index >= 15 is 0 Å². The predicted molar refractivity (Wildman–Crippen MR) is 41.6 cm³/mol. The molecule has 0 aromatic rings. The first-order chi connectivity index (χ1) is 3.92. The van der Waals surface area contributed by atoms with E-state index in [1.165, 1.54) is 0 Å². The van der Waals surface area contributed by atoms with Crippen molar-refractivity contribution in [1.29, 1.82) is 0 Å². The Labute approximate surface area is 69.7 Å². The monoisotopic (exact) mass is 161 g/mol. The Morgan fingerprint density at radius 3 is 1.90 bits per heavy atom. The third-order valence-electron chi connectivity index (χ3n) is 0.752. The van der Waals surface area contributed by atoms with Gasteiger partial charge in [0.05, 0.1) is 0 Å². The van der Waals surface area contributed by atoms with E-state index in [0.717, 1.165) is 5.57 Å². The van der Waals surface area contributed by atoms with Gasteiger partial charge in [0.2, 0.25) is 0 Å². The molecule has 0 atom stereocenters. The van der Waals surface area contributed by atoms with Gasteiger partial charge in [0.25, 0.3) is 0 Å². The Balaban J connectivity index is 0. The van der Waals surface area contributed by atoms with E-state index in [2.05, 4.69) is 32.3 Å². The Morgan fingerprint density at radius 1 is 1.40 bits per heavy atom. The summed E-state index contributed by atoms with van der Waals surface area (Å²) in [5.74, 6) is 0. The average molecular weight is 162 g/mol. The van der Waals surface area contributed by atoms with Gasteiger partial charge in [-0.05, 0) is 27.7 Å². The first-order valence-corrected chi connectivity index (χ1v) is 3.18. The van der Waals surface area contributed by atoms with Crippen molar-refractivity contribution in [1.82, 2.24) is 0 Å². The Morgan fingerprint density at radius 2 is 1.80 bits per heavy atom. The summed E-state index contributed by atoms with van der Waals surface area (Å²) in [5.41, 5.74) is 1.23. The van der Waals surface area contributed by atoms with E-state index in [1.807, 2.05) is 13.1 Å². The Kier molecular flexibility index (Phi) is 5.58. The summed E-state index contributed by atoms with van der Waals surface area (Å²) in [6, 6.07) is 0. The third kappa shape index (κ3) is 10.6. The molecule has 0 rings (SSSR count). The van der Waals surface area contributed by atoms with E-state index in [9.17, 15) is 0 Å². The summed E-state index contributed by atoms with van der Waals surface area (Å²) in [6.45, 7) is 12.1. The lowest BCUT2D eigenvalue weighted by Crippen LogP contribution is -3.00. The molecule has 1 nitrogen and oxygen atoms in total. The molecule has 0 aromatic heterocycles. The zero-order valence-corrected chi connectivity index (χ0v) is 7.92. The highest BCUT2D eigenvalue weighted by atomic mass is 35.5. The van der Waals surface area contributed by atoms with Crippen LogP contribution in [-0.2, 0) is 0 Å². The molecule has 60 valence electrons. The summed E-state index contributed by atoms with van der Waals surface area (Å²) in [4.78, 5) is 3.20. The number of hydrogen-bond acceptors (Lipinski definition) is 0. The highest BCUT2D eigenvalue weighted by molar-refractivity contribution is 5.71. The fourth-order valence-electron chi connectivity index (χ4n) is 0.340. The van der Waals surface area contributed by atoms with Crippen LogP contribution in [0, 0.1) is 0 Å². The molecule has 0 saturated carbocycles. The lowest BCUT2D eigenvalue weighted by molar-refractivity contribution is -0.533. The van der Waals surface area contributed by atoms with Gasteiger partial charge in [0, 0.05) is 5.57 Å². The van der Waals surface area contributed by atoms with Crippen molar-refractivity contribution in [3.8, 4) is 0 Å². The third-order valence-corrected chi connectivity index (χ3v) is 0.752. The number of rotatable bonds is 1. The van der Waals surface area contributed by atoms with Gasteiger partial charge in [0.1, 0.15) is 0 Å². The van der Waals surface area contributed by atoms with E-state index in [1.54, 1.807) is 0 Å². The van der Waals surface area contributed by atoms with Crippen LogP contribution < -0.4 is 17.4 Å². The Bertz CT molecular complexity index is 131. The maximum atomic E-state index is 3.74. The zero-order valence-electron chi connectivity index (χ0n) is 7.16. The molecule has 0 unspecified atom stereocenters. The first kappa shape index (κ1) is 12.4. The lowest BCUT2D eigenvalue weighted by Gasteiger charge is -2.03. The fraction of sp³-hybridized carbons (Fsp3) is 0.625. The summed E-state index contributed by atoms with van der Waals surface area (Å²) >= 11 is 0. The molecule has 1 N–H and O–H groups in total. The molecule has 0 saturated heterocycles. The topological polar surface area (TPSA) is 14.0 Å². The van der Waals surface area contributed by atoms with Gasteiger partial charge in [-0.2, -0.15) is 0 Å². The van der Waals surface area contributed by atoms with E-state index < -0.39 is 0 Å². The van der Waals surface area contributed by atoms with Crippen LogP contribution in [0.4, 0.5) is 0 Å². The van der Waals surface area contributed by atoms with Crippen molar-refractivity contribution >= 4 is 6.21 Å². The van der Waals surface area contributed by atoms with E-state index in [-0.39, 0.29) is 17.9 Å². The minimum atomic E-state index is 0. The van der Waals surface area contributed by atoms with Crippen LogP contribution in [0.5, 0.6) is 0 Å². The minimum absolute atomic E-state index is 0. The Hall–Kier alpha value is -0.300. The van der Waals surface area contributed by atoms with Crippen LogP contribution in [0.25, 0.3) is 0 Å². The van der Waals surface area contributed by atoms with E-state index in [4.69, 9.17) is 0 Å². The number of allylic oxidation sites excluding steroid dienone is 1. The van der Waals surface area contributed by atoms with Gasteiger partial charge in [-0.15, -0.1) is 0 Å². The molecular formula is C8H16ClN. The van der Waals surface area contributed by atoms with Crippen molar-refractivity contribution in [2.24, 2.45) is 0 Å². The van der Waals surface area contributed by atoms with E-state index in [0.29, 0.717) is 0 Å². The molecule has 0 aliphatic rings. The van der Waals surface area contributed by atoms with Gasteiger partial charge in [0.15, 0.2) is 11.8 Å². The highest BCUT2D eigenvalue weighted by Gasteiger charge is 2.10. The normalized spacial score (nSPS) is 11.2. The van der Waals surface area contributed by atoms with Crippen molar-refractivity contribution in [3.05, 3.63) is 12.2 Å². The molecule has 0 radical (unpaired) electrons. The molecule has 0 amide bonds. The van der Waals surface area contributed by atoms with Gasteiger partial charge >= 0.3 is 0 Å². The fourth-order valence-corrected chi connectivity index (χ4v) is 0.340. The van der Waals surface area contributed by atoms with Crippen LogP contribution in [0.15, 0.2) is 12.2 Å². The molecular weight excluding hydrogens is 146 g/mol. The highest BCUT2D eigenvalue weighted by Crippen LogP contribution is 1.86. The molecule has 0 aromatic carbocycles. The predicted octanol–water partition coefficient (Wildman–Crippen LogP) is -2.48. The average Bonchev–Trinajstić information content (AvgIpc) is 1.59. The van der Waals surface area contributed by atoms with Crippen molar-refractivity contribution in [2.75, 3.05) is 0 Å². The summed E-state index contributed by atoms with van der Waals surface area (Å²) in [6.07, 6.45) is 1.93.